The van der Waals surface area contributed by atoms with E-state index >= 15 is 0 Å². The molecule has 0 spiro atoms. The number of carbonyl (C=O) groups is 1. The lowest BCUT2D eigenvalue weighted by Gasteiger charge is -2.20. The SMILES string of the molecule is CCc1ccc(C(=O)Nc2ccc(C(C)(C)C)cc2Br)cc1. The second-order valence-electron chi connectivity index (χ2n) is 6.45. The molecule has 0 bridgehead atoms. The van der Waals surface area contributed by atoms with Crippen molar-refractivity contribution < 1.29 is 4.79 Å². The molecule has 0 aliphatic heterocycles. The molecule has 0 radical (unpaired) electrons. The molecule has 3 heteroatoms. The first-order valence-electron chi connectivity index (χ1n) is 7.51. The number of halogens is 1. The smallest absolute Gasteiger partial charge is 0.255 e. The molecule has 1 amide bonds. The Balaban J connectivity index is 2.17. The van der Waals surface area contributed by atoms with Crippen molar-refractivity contribution in [2.24, 2.45) is 0 Å². The summed E-state index contributed by atoms with van der Waals surface area (Å²) >= 11 is 3.55. The molecule has 0 aromatic heterocycles. The maximum absolute atomic E-state index is 12.3. The summed E-state index contributed by atoms with van der Waals surface area (Å²) in [4.78, 5) is 12.3. The van der Waals surface area contributed by atoms with Gasteiger partial charge in [0.15, 0.2) is 0 Å². The van der Waals surface area contributed by atoms with Crippen LogP contribution in [0.5, 0.6) is 0 Å². The second kappa shape index (κ2) is 6.66. The van der Waals surface area contributed by atoms with E-state index in [0.29, 0.717) is 5.56 Å². The quantitative estimate of drug-likeness (QED) is 0.763. The molecule has 2 aromatic carbocycles. The van der Waals surface area contributed by atoms with Crippen LogP contribution in [0.15, 0.2) is 46.9 Å². The average Bonchev–Trinajstić information content (AvgIpc) is 2.48. The third-order valence-electron chi connectivity index (χ3n) is 3.71. The lowest BCUT2D eigenvalue weighted by Crippen LogP contribution is -2.14. The molecule has 2 aromatic rings. The predicted molar refractivity (Wildman–Crippen MR) is 96.6 cm³/mol. The van der Waals surface area contributed by atoms with E-state index < -0.39 is 0 Å². The minimum Gasteiger partial charge on any atom is -0.321 e. The van der Waals surface area contributed by atoms with Gasteiger partial charge in [-0.25, -0.2) is 0 Å². The molecule has 0 saturated heterocycles. The number of nitrogens with one attached hydrogen (secondary N) is 1. The van der Waals surface area contributed by atoms with Gasteiger partial charge in [0.05, 0.1) is 5.69 Å². The van der Waals surface area contributed by atoms with Crippen LogP contribution in [0.25, 0.3) is 0 Å². The third-order valence-corrected chi connectivity index (χ3v) is 4.36. The van der Waals surface area contributed by atoms with Gasteiger partial charge in [0.2, 0.25) is 0 Å². The van der Waals surface area contributed by atoms with E-state index in [1.807, 2.05) is 30.3 Å². The molecule has 116 valence electrons. The van der Waals surface area contributed by atoms with Crippen LogP contribution in [0.2, 0.25) is 0 Å². The Morgan fingerprint density at radius 3 is 2.23 bits per heavy atom. The fraction of sp³-hybridized carbons (Fsp3) is 0.316. The lowest BCUT2D eigenvalue weighted by molar-refractivity contribution is 0.102. The van der Waals surface area contributed by atoms with Crippen molar-refractivity contribution in [2.45, 2.75) is 39.5 Å². The van der Waals surface area contributed by atoms with Gasteiger partial charge in [-0.1, -0.05) is 45.9 Å². The third kappa shape index (κ3) is 3.98. The molecular formula is C19H22BrNO. The Hall–Kier alpha value is -1.61. The van der Waals surface area contributed by atoms with Crippen molar-refractivity contribution in [3.05, 3.63) is 63.6 Å². The molecule has 0 heterocycles. The van der Waals surface area contributed by atoms with Gasteiger partial charge in [0, 0.05) is 10.0 Å². The summed E-state index contributed by atoms with van der Waals surface area (Å²) in [6.45, 7) is 8.61. The van der Waals surface area contributed by atoms with Gasteiger partial charge in [-0.3, -0.25) is 4.79 Å². The van der Waals surface area contributed by atoms with Crippen LogP contribution in [-0.4, -0.2) is 5.91 Å². The molecule has 0 aliphatic rings. The zero-order chi connectivity index (χ0) is 16.3. The maximum Gasteiger partial charge on any atom is 0.255 e. The summed E-state index contributed by atoms with van der Waals surface area (Å²) in [7, 11) is 0. The van der Waals surface area contributed by atoms with E-state index in [4.69, 9.17) is 0 Å². The minimum atomic E-state index is -0.0909. The van der Waals surface area contributed by atoms with Crippen molar-refractivity contribution in [2.75, 3.05) is 5.32 Å². The van der Waals surface area contributed by atoms with Gasteiger partial charge < -0.3 is 5.32 Å². The normalized spacial score (nSPS) is 11.3. The zero-order valence-electron chi connectivity index (χ0n) is 13.5. The first-order chi connectivity index (χ1) is 10.3. The Morgan fingerprint density at radius 2 is 1.73 bits per heavy atom. The number of rotatable bonds is 3. The van der Waals surface area contributed by atoms with Crippen LogP contribution in [0.4, 0.5) is 5.69 Å². The molecular weight excluding hydrogens is 338 g/mol. The van der Waals surface area contributed by atoms with Crippen LogP contribution in [0.3, 0.4) is 0 Å². The summed E-state index contributed by atoms with van der Waals surface area (Å²) in [5, 5.41) is 2.96. The van der Waals surface area contributed by atoms with Gasteiger partial charge in [-0.2, -0.15) is 0 Å². The number of hydrogen-bond donors (Lipinski definition) is 1. The van der Waals surface area contributed by atoms with Crippen LogP contribution < -0.4 is 5.32 Å². The number of anilines is 1. The topological polar surface area (TPSA) is 29.1 Å². The first-order valence-corrected chi connectivity index (χ1v) is 8.31. The number of amides is 1. The maximum atomic E-state index is 12.3. The molecule has 0 unspecified atom stereocenters. The van der Waals surface area contributed by atoms with E-state index in [9.17, 15) is 4.79 Å². The van der Waals surface area contributed by atoms with Crippen molar-refractivity contribution >= 4 is 27.5 Å². The molecule has 0 aliphatic carbocycles. The van der Waals surface area contributed by atoms with Gasteiger partial charge in [-0.15, -0.1) is 0 Å². The van der Waals surface area contributed by atoms with E-state index in [1.165, 1.54) is 11.1 Å². The van der Waals surface area contributed by atoms with E-state index in [2.05, 4.69) is 61.1 Å². The fourth-order valence-corrected chi connectivity index (χ4v) is 2.65. The Bertz CT molecular complexity index is 669. The largest absolute Gasteiger partial charge is 0.321 e. The Morgan fingerprint density at radius 1 is 1.09 bits per heavy atom. The molecule has 0 fully saturated rings. The highest BCUT2D eigenvalue weighted by molar-refractivity contribution is 9.10. The first kappa shape index (κ1) is 16.8. The summed E-state index contributed by atoms with van der Waals surface area (Å²) < 4.78 is 0.901. The second-order valence-corrected chi connectivity index (χ2v) is 7.30. The van der Waals surface area contributed by atoms with Crippen molar-refractivity contribution in [3.63, 3.8) is 0 Å². The molecule has 0 saturated carbocycles. The Labute approximate surface area is 141 Å². The molecule has 0 atom stereocenters. The zero-order valence-corrected chi connectivity index (χ0v) is 15.1. The average molecular weight is 360 g/mol. The van der Waals surface area contributed by atoms with Crippen molar-refractivity contribution in [1.29, 1.82) is 0 Å². The van der Waals surface area contributed by atoms with Crippen LogP contribution in [0, 0.1) is 0 Å². The summed E-state index contributed by atoms with van der Waals surface area (Å²) in [5.74, 6) is -0.0909. The van der Waals surface area contributed by atoms with Gasteiger partial charge >= 0.3 is 0 Å². The summed E-state index contributed by atoms with van der Waals surface area (Å²) in [5.41, 5.74) is 4.00. The van der Waals surface area contributed by atoms with E-state index in [1.54, 1.807) is 0 Å². The highest BCUT2D eigenvalue weighted by Crippen LogP contribution is 2.30. The summed E-state index contributed by atoms with van der Waals surface area (Å²) in [6.07, 6.45) is 0.974. The molecule has 2 rings (SSSR count). The van der Waals surface area contributed by atoms with Gasteiger partial charge in [0.25, 0.3) is 5.91 Å². The number of aryl methyl sites for hydroxylation is 1. The minimum absolute atomic E-state index is 0.0844. The highest BCUT2D eigenvalue weighted by atomic mass is 79.9. The Kier molecular flexibility index (Phi) is 5.07. The number of carbonyl (C=O) groups excluding carboxylic acids is 1. The molecule has 22 heavy (non-hydrogen) atoms. The van der Waals surface area contributed by atoms with Crippen molar-refractivity contribution in [3.8, 4) is 0 Å². The summed E-state index contributed by atoms with van der Waals surface area (Å²) in [6, 6.07) is 13.8. The van der Waals surface area contributed by atoms with Crippen LogP contribution in [0.1, 0.15) is 49.2 Å². The highest BCUT2D eigenvalue weighted by Gasteiger charge is 2.15. The lowest BCUT2D eigenvalue weighted by atomic mass is 9.87. The monoisotopic (exact) mass is 359 g/mol. The van der Waals surface area contributed by atoms with E-state index in [-0.39, 0.29) is 11.3 Å². The fourth-order valence-electron chi connectivity index (χ4n) is 2.17. The van der Waals surface area contributed by atoms with Crippen LogP contribution in [-0.2, 0) is 11.8 Å². The standard InChI is InChI=1S/C19H22BrNO/c1-5-13-6-8-14(9-7-13)18(22)21-17-11-10-15(12-16(17)20)19(2,3)4/h6-12H,5H2,1-4H3,(H,21,22). The van der Waals surface area contributed by atoms with Gasteiger partial charge in [-0.05, 0) is 63.2 Å². The van der Waals surface area contributed by atoms with Crippen LogP contribution >= 0.6 is 15.9 Å². The predicted octanol–water partition coefficient (Wildman–Crippen LogP) is 5.56. The van der Waals surface area contributed by atoms with Gasteiger partial charge in [0.1, 0.15) is 0 Å². The van der Waals surface area contributed by atoms with Crippen molar-refractivity contribution in [1.82, 2.24) is 0 Å². The van der Waals surface area contributed by atoms with E-state index in [0.717, 1.165) is 16.6 Å². The molecule has 1 N–H and O–H groups in total. The number of hydrogen-bond acceptors (Lipinski definition) is 1. The molecule has 2 nitrogen and oxygen atoms in total. The number of benzene rings is 2.